The third kappa shape index (κ3) is 2.49. The molecule has 0 aliphatic rings. The maximum Gasteiger partial charge on any atom is 0.134 e. The van der Waals surface area contributed by atoms with Gasteiger partial charge >= 0.3 is 0 Å². The van der Waals surface area contributed by atoms with Crippen molar-refractivity contribution in [2.75, 3.05) is 0 Å². The molecule has 1 aromatic carbocycles. The number of rotatable bonds is 2. The van der Waals surface area contributed by atoms with Crippen molar-refractivity contribution < 1.29 is 0 Å². The topological polar surface area (TPSA) is 36.1 Å². The zero-order valence-electron chi connectivity index (χ0n) is 10.7. The Labute approximate surface area is 111 Å². The minimum absolute atomic E-state index is 0.695. The zero-order chi connectivity index (χ0) is 13.1. The molecule has 0 radical (unpaired) electrons. The third-order valence-electron chi connectivity index (χ3n) is 2.89. The molecule has 0 aliphatic heterocycles. The lowest BCUT2D eigenvalue weighted by molar-refractivity contribution is 1.38. The maximum absolute atomic E-state index is 9.13. The lowest BCUT2D eigenvalue weighted by atomic mass is 10.2. The molecule has 2 nitrogen and oxygen atoms in total. The average molecular weight is 254 g/mol. The van der Waals surface area contributed by atoms with Crippen LogP contribution >= 0.6 is 11.3 Å². The Morgan fingerprint density at radius 1 is 1.17 bits per heavy atom. The number of benzene rings is 1. The van der Waals surface area contributed by atoms with E-state index in [4.69, 9.17) is 5.26 Å². The smallest absolute Gasteiger partial charge is 0.134 e. The average Bonchev–Trinajstić information content (AvgIpc) is 2.64. The molecule has 0 fully saturated rings. The highest BCUT2D eigenvalue weighted by atomic mass is 32.1. The van der Waals surface area contributed by atoms with Crippen molar-refractivity contribution >= 4 is 22.6 Å². The van der Waals surface area contributed by atoms with Crippen molar-refractivity contribution in [3.8, 4) is 6.07 Å². The Bertz CT molecular complexity index is 628. The highest BCUT2D eigenvalue weighted by Gasteiger charge is 2.10. The number of aliphatic imine (C=N–C) groups is 1. The van der Waals surface area contributed by atoms with Crippen molar-refractivity contribution in [2.24, 2.45) is 4.99 Å². The maximum atomic E-state index is 9.13. The lowest BCUT2D eigenvalue weighted by Gasteiger charge is -1.94. The largest absolute Gasteiger partial charge is 0.244 e. The van der Waals surface area contributed by atoms with Crippen molar-refractivity contribution in [2.45, 2.75) is 20.8 Å². The van der Waals surface area contributed by atoms with E-state index in [0.29, 0.717) is 5.56 Å². The van der Waals surface area contributed by atoms with Gasteiger partial charge < -0.3 is 0 Å². The molecule has 0 saturated carbocycles. The lowest BCUT2D eigenvalue weighted by Crippen LogP contribution is -1.81. The van der Waals surface area contributed by atoms with Crippen LogP contribution in [0.5, 0.6) is 0 Å². The van der Waals surface area contributed by atoms with Gasteiger partial charge in [-0.05, 0) is 31.9 Å². The molecule has 0 atom stereocenters. The van der Waals surface area contributed by atoms with Gasteiger partial charge in [-0.1, -0.05) is 29.8 Å². The van der Waals surface area contributed by atoms with Gasteiger partial charge in [-0.3, -0.25) is 0 Å². The van der Waals surface area contributed by atoms with E-state index in [1.165, 1.54) is 5.56 Å². The number of hydrogen-bond donors (Lipinski definition) is 0. The summed E-state index contributed by atoms with van der Waals surface area (Å²) in [7, 11) is 0. The molecule has 0 amide bonds. The van der Waals surface area contributed by atoms with Gasteiger partial charge in [0.05, 0.1) is 5.56 Å². The zero-order valence-corrected chi connectivity index (χ0v) is 11.5. The summed E-state index contributed by atoms with van der Waals surface area (Å²) in [5, 5.41) is 9.93. The summed E-state index contributed by atoms with van der Waals surface area (Å²) in [4.78, 5) is 5.58. The molecule has 90 valence electrons. The number of nitriles is 1. The van der Waals surface area contributed by atoms with Gasteiger partial charge in [0.25, 0.3) is 0 Å². The van der Waals surface area contributed by atoms with Crippen LogP contribution in [0.4, 0.5) is 5.00 Å². The molecule has 0 unspecified atom stereocenters. The SMILES string of the molecule is Cc1ccc(C=Nc2sc(C)c(C)c2C#N)cc1. The van der Waals surface area contributed by atoms with Crippen molar-refractivity contribution in [1.29, 1.82) is 5.26 Å². The van der Waals surface area contributed by atoms with E-state index in [0.717, 1.165) is 21.0 Å². The van der Waals surface area contributed by atoms with Crippen LogP contribution in [0.15, 0.2) is 29.3 Å². The number of thiophene rings is 1. The van der Waals surface area contributed by atoms with E-state index in [9.17, 15) is 0 Å². The van der Waals surface area contributed by atoms with Crippen LogP contribution in [0.25, 0.3) is 0 Å². The molecular weight excluding hydrogens is 240 g/mol. The Balaban J connectivity index is 2.32. The van der Waals surface area contributed by atoms with Crippen molar-refractivity contribution in [1.82, 2.24) is 0 Å². The van der Waals surface area contributed by atoms with E-state index < -0.39 is 0 Å². The van der Waals surface area contributed by atoms with E-state index in [1.54, 1.807) is 11.3 Å². The van der Waals surface area contributed by atoms with Gasteiger partial charge in [-0.15, -0.1) is 11.3 Å². The van der Waals surface area contributed by atoms with Crippen molar-refractivity contribution in [3.05, 3.63) is 51.4 Å². The molecule has 18 heavy (non-hydrogen) atoms. The van der Waals surface area contributed by atoms with E-state index in [2.05, 4.69) is 30.1 Å². The molecule has 0 bridgehead atoms. The summed E-state index contributed by atoms with van der Waals surface area (Å²) in [6.45, 7) is 6.04. The minimum atomic E-state index is 0.695. The van der Waals surface area contributed by atoms with Crippen LogP contribution in [0.1, 0.15) is 27.1 Å². The second-order valence-electron chi connectivity index (χ2n) is 4.24. The molecule has 0 spiro atoms. The second kappa shape index (κ2) is 5.16. The Morgan fingerprint density at radius 3 is 2.44 bits per heavy atom. The first kappa shape index (κ1) is 12.5. The monoisotopic (exact) mass is 254 g/mol. The quantitative estimate of drug-likeness (QED) is 0.736. The van der Waals surface area contributed by atoms with Crippen LogP contribution in [-0.2, 0) is 0 Å². The van der Waals surface area contributed by atoms with Crippen molar-refractivity contribution in [3.63, 3.8) is 0 Å². The fourth-order valence-corrected chi connectivity index (χ4v) is 2.57. The fraction of sp³-hybridized carbons (Fsp3) is 0.200. The molecule has 3 heteroatoms. The van der Waals surface area contributed by atoms with E-state index >= 15 is 0 Å². The molecule has 0 aliphatic carbocycles. The van der Waals surface area contributed by atoms with E-state index in [-0.39, 0.29) is 0 Å². The van der Waals surface area contributed by atoms with Gasteiger partial charge in [0.2, 0.25) is 0 Å². The van der Waals surface area contributed by atoms with Crippen LogP contribution in [0.2, 0.25) is 0 Å². The fourth-order valence-electron chi connectivity index (χ4n) is 1.62. The predicted molar refractivity (Wildman–Crippen MR) is 76.9 cm³/mol. The van der Waals surface area contributed by atoms with E-state index in [1.807, 2.05) is 32.2 Å². The number of nitrogens with zero attached hydrogens (tertiary/aromatic N) is 2. The molecular formula is C15H14N2S. The number of hydrogen-bond acceptors (Lipinski definition) is 3. The summed E-state index contributed by atoms with van der Waals surface area (Å²) in [5.41, 5.74) is 4.01. The second-order valence-corrected chi connectivity index (χ2v) is 5.45. The Hall–Kier alpha value is -1.92. The van der Waals surface area contributed by atoms with Crippen LogP contribution in [-0.4, -0.2) is 6.21 Å². The van der Waals surface area contributed by atoms with Gasteiger partial charge in [-0.2, -0.15) is 5.26 Å². The summed E-state index contributed by atoms with van der Waals surface area (Å²) < 4.78 is 0. The van der Waals surface area contributed by atoms with Crippen LogP contribution < -0.4 is 0 Å². The first-order chi connectivity index (χ1) is 8.61. The van der Waals surface area contributed by atoms with Gasteiger partial charge in [0, 0.05) is 11.1 Å². The molecule has 1 heterocycles. The summed E-state index contributed by atoms with van der Waals surface area (Å²) in [6.07, 6.45) is 1.81. The summed E-state index contributed by atoms with van der Waals surface area (Å²) in [6, 6.07) is 10.4. The molecule has 2 aromatic rings. The highest BCUT2D eigenvalue weighted by molar-refractivity contribution is 7.16. The normalized spacial score (nSPS) is 10.8. The molecule has 2 rings (SSSR count). The molecule has 0 saturated heterocycles. The summed E-state index contributed by atoms with van der Waals surface area (Å²) >= 11 is 1.57. The first-order valence-corrected chi connectivity index (χ1v) is 6.54. The van der Waals surface area contributed by atoms with Gasteiger partial charge in [0.1, 0.15) is 11.1 Å². The highest BCUT2D eigenvalue weighted by Crippen LogP contribution is 2.33. The first-order valence-electron chi connectivity index (χ1n) is 5.72. The Morgan fingerprint density at radius 2 is 1.83 bits per heavy atom. The minimum Gasteiger partial charge on any atom is -0.244 e. The molecule has 1 aromatic heterocycles. The standard InChI is InChI=1S/C15H14N2S/c1-10-4-6-13(7-5-10)9-17-15-14(8-16)11(2)12(3)18-15/h4-7,9H,1-3H3. The van der Waals surface area contributed by atoms with Crippen LogP contribution in [0.3, 0.4) is 0 Å². The predicted octanol–water partition coefficient (Wildman–Crippen LogP) is 4.30. The molecule has 0 N–H and O–H groups in total. The Kier molecular flexibility index (Phi) is 3.59. The van der Waals surface area contributed by atoms with Gasteiger partial charge in [0.15, 0.2) is 0 Å². The third-order valence-corrected chi connectivity index (χ3v) is 4.00. The van der Waals surface area contributed by atoms with Crippen LogP contribution in [0, 0.1) is 32.1 Å². The van der Waals surface area contributed by atoms with Gasteiger partial charge in [-0.25, -0.2) is 4.99 Å². The summed E-state index contributed by atoms with van der Waals surface area (Å²) in [5.74, 6) is 0. The number of aryl methyl sites for hydroxylation is 2.